The summed E-state index contributed by atoms with van der Waals surface area (Å²) in [4.78, 5) is 0. The number of rotatable bonds is 6. The zero-order chi connectivity index (χ0) is 12.8. The Morgan fingerprint density at radius 3 is 2.94 bits per heavy atom. The summed E-state index contributed by atoms with van der Waals surface area (Å²) in [5, 5.41) is 13.3. The Morgan fingerprint density at radius 1 is 1.33 bits per heavy atom. The molecule has 1 N–H and O–H groups in total. The highest BCUT2D eigenvalue weighted by atomic mass is 35.5. The van der Waals surface area contributed by atoms with Crippen LogP contribution in [0.1, 0.15) is 18.4 Å². The van der Waals surface area contributed by atoms with Gasteiger partial charge >= 0.3 is 0 Å². The number of aromatic nitrogens is 2. The molecule has 4 nitrogen and oxygen atoms in total. The first-order valence-corrected chi connectivity index (χ1v) is 6.94. The second-order valence-electron chi connectivity index (χ2n) is 3.67. The molecule has 0 fully saturated rings. The maximum absolute atomic E-state index is 6.00. The largest absolute Gasteiger partial charge is 0.428 e. The van der Waals surface area contributed by atoms with Crippen LogP contribution in [0.4, 0.5) is 0 Å². The molecule has 2 rings (SSSR count). The number of hydrogen-bond donors (Lipinski definition) is 1. The predicted octanol–water partition coefficient (Wildman–Crippen LogP) is 3.48. The quantitative estimate of drug-likeness (QED) is 0.825. The molecule has 96 valence electrons. The van der Waals surface area contributed by atoms with Gasteiger partial charge in [-0.2, -0.15) is 0 Å². The van der Waals surface area contributed by atoms with Crippen LogP contribution in [-0.2, 0) is 6.54 Å². The molecule has 1 heterocycles. The highest BCUT2D eigenvalue weighted by Gasteiger charge is 2.07. The molecule has 0 saturated heterocycles. The van der Waals surface area contributed by atoms with E-state index in [1.54, 1.807) is 12.1 Å². The van der Waals surface area contributed by atoms with Crippen molar-refractivity contribution in [1.29, 1.82) is 0 Å². The molecule has 0 spiro atoms. The van der Waals surface area contributed by atoms with E-state index in [2.05, 4.69) is 22.4 Å². The van der Waals surface area contributed by atoms with E-state index >= 15 is 0 Å². The number of nitrogens with zero attached hydrogens (tertiary/aromatic N) is 2. The second-order valence-corrected chi connectivity index (χ2v) is 5.10. The van der Waals surface area contributed by atoms with Crippen molar-refractivity contribution in [1.82, 2.24) is 15.5 Å². The second kappa shape index (κ2) is 6.68. The van der Waals surface area contributed by atoms with E-state index in [9.17, 15) is 0 Å². The normalized spacial score (nSPS) is 10.6. The molecule has 0 radical (unpaired) electrons. The van der Waals surface area contributed by atoms with Crippen molar-refractivity contribution in [2.45, 2.75) is 19.9 Å². The van der Waals surface area contributed by atoms with E-state index in [0.717, 1.165) is 24.5 Å². The summed E-state index contributed by atoms with van der Waals surface area (Å²) in [6.45, 7) is 3.82. The van der Waals surface area contributed by atoms with Gasteiger partial charge in [0, 0.05) is 6.54 Å². The Balaban J connectivity index is 1.96. The molecule has 0 amide bonds. The molecule has 6 heteroatoms. The molecule has 0 atom stereocenters. The molecule has 18 heavy (non-hydrogen) atoms. The lowest BCUT2D eigenvalue weighted by molar-refractivity contribution is 0.473. The third kappa shape index (κ3) is 3.66. The van der Waals surface area contributed by atoms with Gasteiger partial charge in [0.15, 0.2) is 0 Å². The number of halogens is 1. The number of hydrogen-bond acceptors (Lipinski definition) is 5. The van der Waals surface area contributed by atoms with Gasteiger partial charge in [-0.1, -0.05) is 47.1 Å². The minimum atomic E-state index is 0.511. The minimum absolute atomic E-state index is 0.511. The highest BCUT2D eigenvalue weighted by molar-refractivity contribution is 7.13. The first-order chi connectivity index (χ1) is 8.79. The molecule has 0 saturated carbocycles. The molecule has 0 bridgehead atoms. The summed E-state index contributed by atoms with van der Waals surface area (Å²) >= 11 is 7.42. The summed E-state index contributed by atoms with van der Waals surface area (Å²) < 4.78 is 5.58. The van der Waals surface area contributed by atoms with Gasteiger partial charge < -0.3 is 10.1 Å². The third-order valence-electron chi connectivity index (χ3n) is 2.19. The summed E-state index contributed by atoms with van der Waals surface area (Å²) in [5.74, 6) is 0.600. The van der Waals surface area contributed by atoms with Crippen LogP contribution in [0.15, 0.2) is 24.3 Å². The SMILES string of the molecule is CCCNCc1nnc(Oc2ccccc2Cl)s1. The molecule has 1 aromatic carbocycles. The number of nitrogens with one attached hydrogen (secondary N) is 1. The number of para-hydroxylation sites is 1. The van der Waals surface area contributed by atoms with Crippen molar-refractivity contribution in [2.24, 2.45) is 0 Å². The van der Waals surface area contributed by atoms with Gasteiger partial charge in [0.2, 0.25) is 0 Å². The summed E-state index contributed by atoms with van der Waals surface area (Å²) in [6.07, 6.45) is 1.10. The van der Waals surface area contributed by atoms with Crippen LogP contribution in [0.2, 0.25) is 5.02 Å². The lowest BCUT2D eigenvalue weighted by Crippen LogP contribution is -2.13. The smallest absolute Gasteiger partial charge is 0.299 e. The fraction of sp³-hybridized carbons (Fsp3) is 0.333. The van der Waals surface area contributed by atoms with Gasteiger partial charge in [0.05, 0.1) is 5.02 Å². The fourth-order valence-corrected chi connectivity index (χ4v) is 2.19. The van der Waals surface area contributed by atoms with Crippen molar-refractivity contribution in [3.05, 3.63) is 34.3 Å². The number of ether oxygens (including phenoxy) is 1. The first-order valence-electron chi connectivity index (χ1n) is 5.75. The van der Waals surface area contributed by atoms with E-state index in [0.29, 0.717) is 16.0 Å². The lowest BCUT2D eigenvalue weighted by atomic mass is 10.3. The van der Waals surface area contributed by atoms with Crippen molar-refractivity contribution in [2.75, 3.05) is 6.54 Å². The van der Waals surface area contributed by atoms with Gasteiger partial charge in [-0.3, -0.25) is 0 Å². The average Bonchev–Trinajstić information content (AvgIpc) is 2.80. The van der Waals surface area contributed by atoms with Crippen molar-refractivity contribution >= 4 is 22.9 Å². The molecule has 2 aromatic rings. The van der Waals surface area contributed by atoms with Gasteiger partial charge in [0.25, 0.3) is 5.19 Å². The fourth-order valence-electron chi connectivity index (χ4n) is 1.34. The Hall–Kier alpha value is -1.17. The van der Waals surface area contributed by atoms with E-state index < -0.39 is 0 Å². The Bertz CT molecular complexity index is 504. The maximum Gasteiger partial charge on any atom is 0.299 e. The zero-order valence-corrected chi connectivity index (χ0v) is 11.6. The Morgan fingerprint density at radius 2 is 2.17 bits per heavy atom. The molecular formula is C12H14ClN3OS. The van der Waals surface area contributed by atoms with Gasteiger partial charge in [-0.15, -0.1) is 5.10 Å². The zero-order valence-electron chi connectivity index (χ0n) is 10.0. The van der Waals surface area contributed by atoms with E-state index in [-0.39, 0.29) is 0 Å². The molecule has 0 unspecified atom stereocenters. The molecule has 0 aliphatic carbocycles. The third-order valence-corrected chi connectivity index (χ3v) is 3.30. The van der Waals surface area contributed by atoms with Gasteiger partial charge in [-0.25, -0.2) is 0 Å². The summed E-state index contributed by atoms with van der Waals surface area (Å²) in [6, 6.07) is 7.31. The van der Waals surface area contributed by atoms with Gasteiger partial charge in [-0.05, 0) is 25.1 Å². The van der Waals surface area contributed by atoms with Crippen molar-refractivity contribution < 1.29 is 4.74 Å². The van der Waals surface area contributed by atoms with Crippen LogP contribution >= 0.6 is 22.9 Å². The van der Waals surface area contributed by atoms with E-state index in [4.69, 9.17) is 16.3 Å². The van der Waals surface area contributed by atoms with Crippen LogP contribution < -0.4 is 10.1 Å². The van der Waals surface area contributed by atoms with Crippen molar-refractivity contribution in [3.63, 3.8) is 0 Å². The van der Waals surface area contributed by atoms with E-state index in [1.807, 2.05) is 12.1 Å². The summed E-state index contributed by atoms with van der Waals surface area (Å²) in [7, 11) is 0. The highest BCUT2D eigenvalue weighted by Crippen LogP contribution is 2.30. The van der Waals surface area contributed by atoms with Crippen LogP contribution in [0.5, 0.6) is 10.9 Å². The number of benzene rings is 1. The predicted molar refractivity (Wildman–Crippen MR) is 73.4 cm³/mol. The Kier molecular flexibility index (Phi) is 4.92. The molecule has 0 aliphatic rings. The monoisotopic (exact) mass is 283 g/mol. The molecule has 0 aliphatic heterocycles. The van der Waals surface area contributed by atoms with Crippen LogP contribution in [0.3, 0.4) is 0 Å². The van der Waals surface area contributed by atoms with Crippen LogP contribution in [0, 0.1) is 0 Å². The van der Waals surface area contributed by atoms with Gasteiger partial charge in [0.1, 0.15) is 10.8 Å². The molecular weight excluding hydrogens is 270 g/mol. The van der Waals surface area contributed by atoms with Crippen molar-refractivity contribution in [3.8, 4) is 10.9 Å². The summed E-state index contributed by atoms with van der Waals surface area (Å²) in [5.41, 5.74) is 0. The van der Waals surface area contributed by atoms with Crippen LogP contribution in [0.25, 0.3) is 0 Å². The Labute approximate surface area is 115 Å². The first kappa shape index (κ1) is 13.3. The topological polar surface area (TPSA) is 47.0 Å². The molecule has 1 aromatic heterocycles. The van der Waals surface area contributed by atoms with E-state index in [1.165, 1.54) is 11.3 Å². The average molecular weight is 284 g/mol. The standard InChI is InChI=1S/C12H14ClN3OS/c1-2-7-14-8-11-15-16-12(18-11)17-10-6-4-3-5-9(10)13/h3-6,14H,2,7-8H2,1H3. The maximum atomic E-state index is 6.00. The van der Waals surface area contributed by atoms with Crippen LogP contribution in [-0.4, -0.2) is 16.7 Å². The lowest BCUT2D eigenvalue weighted by Gasteiger charge is -2.02. The minimum Gasteiger partial charge on any atom is -0.428 e.